The van der Waals surface area contributed by atoms with Crippen molar-refractivity contribution in [2.75, 3.05) is 25.6 Å². The van der Waals surface area contributed by atoms with Crippen molar-refractivity contribution in [3.63, 3.8) is 0 Å². The highest BCUT2D eigenvalue weighted by Crippen LogP contribution is 2.26. The molecular weight excluding hydrogens is 394 g/mol. The van der Waals surface area contributed by atoms with E-state index in [0.717, 1.165) is 16.5 Å². The van der Waals surface area contributed by atoms with E-state index in [2.05, 4.69) is 10.3 Å². The van der Waals surface area contributed by atoms with E-state index in [4.69, 9.17) is 14.5 Å². The number of para-hydroxylation sites is 3. The number of nitrogens with one attached hydrogen (secondary N) is 1. The van der Waals surface area contributed by atoms with Crippen molar-refractivity contribution in [2.24, 2.45) is 0 Å². The van der Waals surface area contributed by atoms with E-state index in [9.17, 15) is 5.11 Å². The number of fused-ring (bicyclic) bond motifs is 1. The van der Waals surface area contributed by atoms with E-state index in [1.165, 1.54) is 0 Å². The van der Waals surface area contributed by atoms with E-state index < -0.39 is 6.10 Å². The Morgan fingerprint density at radius 1 is 0.871 bits per heavy atom. The number of aliphatic hydroxyl groups is 1. The molecule has 1 heterocycles. The lowest BCUT2D eigenvalue weighted by molar-refractivity contribution is 0.115. The van der Waals surface area contributed by atoms with Crippen LogP contribution in [0.4, 0.5) is 5.82 Å². The van der Waals surface area contributed by atoms with Gasteiger partial charge in [0, 0.05) is 17.5 Å². The Hall–Kier alpha value is -3.68. The first kappa shape index (κ1) is 22.0. The molecule has 0 aliphatic rings. The molecule has 7 heteroatoms. The van der Waals surface area contributed by atoms with Gasteiger partial charge in [0.05, 0.1) is 12.6 Å². The third kappa shape index (κ3) is 5.28. The molecule has 0 spiro atoms. The van der Waals surface area contributed by atoms with Crippen molar-refractivity contribution >= 4 is 16.7 Å². The van der Waals surface area contributed by atoms with Gasteiger partial charge in [0.25, 0.3) is 0 Å². The molecule has 7 nitrogen and oxygen atoms in total. The highest BCUT2D eigenvalue weighted by Gasteiger charge is 2.12. The Kier molecular flexibility index (Phi) is 7.37. The van der Waals surface area contributed by atoms with Crippen molar-refractivity contribution in [3.8, 4) is 22.9 Å². The summed E-state index contributed by atoms with van der Waals surface area (Å²) in [5, 5.41) is 14.6. The number of ether oxygens (including phenoxy) is 2. The van der Waals surface area contributed by atoms with Gasteiger partial charge in [-0.15, -0.1) is 0 Å². The third-order valence-corrected chi connectivity index (χ3v) is 4.64. The number of benzene rings is 3. The summed E-state index contributed by atoms with van der Waals surface area (Å²) in [6, 6.07) is 25.0. The Labute approximate surface area is 180 Å². The van der Waals surface area contributed by atoms with E-state index in [1.807, 2.05) is 78.9 Å². The van der Waals surface area contributed by atoms with Crippen LogP contribution in [0.15, 0.2) is 78.9 Å². The lowest BCUT2D eigenvalue weighted by Crippen LogP contribution is -2.26. The molecule has 160 valence electrons. The predicted octanol–water partition coefficient (Wildman–Crippen LogP) is 3.33. The second-order valence-electron chi connectivity index (χ2n) is 6.78. The Morgan fingerprint density at radius 3 is 2.32 bits per heavy atom. The normalized spacial score (nSPS) is 11.4. The molecular formula is C24H25N3O4. The predicted molar refractivity (Wildman–Crippen MR) is 122 cm³/mol. The van der Waals surface area contributed by atoms with Gasteiger partial charge >= 0.3 is 0 Å². The number of aromatic nitrogens is 2. The van der Waals surface area contributed by atoms with Crippen LogP contribution >= 0.6 is 0 Å². The molecule has 0 radical (unpaired) electrons. The van der Waals surface area contributed by atoms with Crippen LogP contribution in [0.2, 0.25) is 0 Å². The summed E-state index contributed by atoms with van der Waals surface area (Å²) < 4.78 is 11.0. The second-order valence-corrected chi connectivity index (χ2v) is 6.78. The molecule has 1 atom stereocenters. The van der Waals surface area contributed by atoms with E-state index in [-0.39, 0.29) is 18.6 Å². The van der Waals surface area contributed by atoms with Gasteiger partial charge in [-0.3, -0.25) is 0 Å². The first-order valence-corrected chi connectivity index (χ1v) is 9.74. The first-order chi connectivity index (χ1) is 14.7. The molecule has 0 fully saturated rings. The fraction of sp³-hybridized carbons (Fsp3) is 0.167. The number of aliphatic hydroxyl groups excluding tert-OH is 1. The second kappa shape index (κ2) is 10.4. The van der Waals surface area contributed by atoms with E-state index in [1.54, 1.807) is 7.11 Å². The topological polar surface area (TPSA) is 108 Å². The zero-order valence-electron chi connectivity index (χ0n) is 17.2. The van der Waals surface area contributed by atoms with Crippen LogP contribution in [-0.4, -0.2) is 46.9 Å². The van der Waals surface area contributed by atoms with Crippen molar-refractivity contribution in [2.45, 2.75) is 6.10 Å². The molecule has 0 aliphatic carbocycles. The number of rotatable bonds is 8. The van der Waals surface area contributed by atoms with E-state index in [0.29, 0.717) is 23.1 Å². The van der Waals surface area contributed by atoms with Gasteiger partial charge in [0.2, 0.25) is 0 Å². The lowest BCUT2D eigenvalue weighted by atomic mass is 10.2. The summed E-state index contributed by atoms with van der Waals surface area (Å²) in [7, 11) is 1.59. The quantitative estimate of drug-likeness (QED) is 0.454. The van der Waals surface area contributed by atoms with Crippen LogP contribution < -0.4 is 14.8 Å². The fourth-order valence-corrected chi connectivity index (χ4v) is 3.13. The van der Waals surface area contributed by atoms with Crippen LogP contribution in [0.25, 0.3) is 22.3 Å². The molecule has 1 unspecified atom stereocenters. The molecule has 1 aromatic heterocycles. The molecule has 31 heavy (non-hydrogen) atoms. The summed E-state index contributed by atoms with van der Waals surface area (Å²) in [5.41, 5.74) is 1.78. The molecule has 3 aromatic carbocycles. The standard InChI is InChI=1S/C24H23N3O3.H2O/c1-29-21-13-7-8-14-22(21)30-16-18(28)15-25-24-19-11-5-6-12-20(19)26-23(27-24)17-9-3-2-4-10-17;/h2-14,18,28H,15-16H2,1H3,(H,25,26,27);1H2. The van der Waals surface area contributed by atoms with Gasteiger partial charge in [-0.05, 0) is 24.3 Å². The number of hydrogen-bond acceptors (Lipinski definition) is 6. The van der Waals surface area contributed by atoms with Gasteiger partial charge in [0.15, 0.2) is 17.3 Å². The maximum atomic E-state index is 10.4. The average molecular weight is 419 g/mol. The SMILES string of the molecule is COc1ccccc1OCC(O)CNc1nc(-c2ccccc2)nc2ccccc12.O. The molecule has 0 aliphatic heterocycles. The van der Waals surface area contributed by atoms with Gasteiger partial charge < -0.3 is 25.4 Å². The van der Waals surface area contributed by atoms with Crippen LogP contribution in [-0.2, 0) is 0 Å². The average Bonchev–Trinajstić information content (AvgIpc) is 2.81. The molecule has 4 rings (SSSR count). The number of hydrogen-bond donors (Lipinski definition) is 2. The third-order valence-electron chi connectivity index (χ3n) is 4.64. The van der Waals surface area contributed by atoms with Gasteiger partial charge in [-0.25, -0.2) is 9.97 Å². The summed E-state index contributed by atoms with van der Waals surface area (Å²) in [6.45, 7) is 0.409. The fourth-order valence-electron chi connectivity index (χ4n) is 3.13. The van der Waals surface area contributed by atoms with Crippen molar-refractivity contribution in [1.82, 2.24) is 9.97 Å². The highest BCUT2D eigenvalue weighted by atomic mass is 16.5. The minimum Gasteiger partial charge on any atom is -0.493 e. The minimum atomic E-state index is -0.733. The minimum absolute atomic E-state index is 0. The zero-order valence-corrected chi connectivity index (χ0v) is 17.2. The summed E-state index contributed by atoms with van der Waals surface area (Å²) >= 11 is 0. The molecule has 4 aromatic rings. The van der Waals surface area contributed by atoms with Gasteiger partial charge in [0.1, 0.15) is 18.5 Å². The van der Waals surface area contributed by atoms with Crippen LogP contribution in [0, 0.1) is 0 Å². The molecule has 0 amide bonds. The largest absolute Gasteiger partial charge is 0.493 e. The first-order valence-electron chi connectivity index (χ1n) is 9.74. The smallest absolute Gasteiger partial charge is 0.162 e. The van der Waals surface area contributed by atoms with Crippen molar-refractivity contribution in [1.29, 1.82) is 0 Å². The summed E-state index contributed by atoms with van der Waals surface area (Å²) in [5.74, 6) is 2.54. The van der Waals surface area contributed by atoms with Crippen LogP contribution in [0.3, 0.4) is 0 Å². The summed E-state index contributed by atoms with van der Waals surface area (Å²) in [6.07, 6.45) is -0.733. The maximum Gasteiger partial charge on any atom is 0.162 e. The Morgan fingerprint density at radius 2 is 1.55 bits per heavy atom. The molecule has 4 N–H and O–H groups in total. The van der Waals surface area contributed by atoms with Gasteiger partial charge in [-0.1, -0.05) is 54.6 Å². The van der Waals surface area contributed by atoms with E-state index >= 15 is 0 Å². The Bertz CT molecular complexity index is 1120. The maximum absolute atomic E-state index is 10.4. The molecule has 0 saturated carbocycles. The Balaban J connectivity index is 0.00000272. The molecule has 0 bridgehead atoms. The lowest BCUT2D eigenvalue weighted by Gasteiger charge is -2.16. The van der Waals surface area contributed by atoms with Crippen LogP contribution in [0.5, 0.6) is 11.5 Å². The number of nitrogens with zero attached hydrogens (tertiary/aromatic N) is 2. The van der Waals surface area contributed by atoms with Crippen molar-refractivity contribution < 1.29 is 20.1 Å². The van der Waals surface area contributed by atoms with Gasteiger partial charge in [-0.2, -0.15) is 0 Å². The van der Waals surface area contributed by atoms with Crippen molar-refractivity contribution in [3.05, 3.63) is 78.9 Å². The highest BCUT2D eigenvalue weighted by molar-refractivity contribution is 5.90. The number of methoxy groups -OCH3 is 1. The molecule has 0 saturated heterocycles. The zero-order chi connectivity index (χ0) is 20.8. The number of anilines is 1. The van der Waals surface area contributed by atoms with Crippen LogP contribution in [0.1, 0.15) is 0 Å². The summed E-state index contributed by atoms with van der Waals surface area (Å²) in [4.78, 5) is 9.37. The monoisotopic (exact) mass is 419 g/mol.